The molecule has 3 rings (SSSR count). The van der Waals surface area contributed by atoms with Crippen LogP contribution < -0.4 is 20.1 Å². The van der Waals surface area contributed by atoms with Gasteiger partial charge in [-0.25, -0.2) is 0 Å². The van der Waals surface area contributed by atoms with Crippen LogP contribution in [0.25, 0.3) is 0 Å². The third kappa shape index (κ3) is 3.81. The molecule has 1 amide bonds. The molecular weight excluding hydrogens is 330 g/mol. The molecule has 0 atom stereocenters. The van der Waals surface area contributed by atoms with E-state index < -0.39 is 6.29 Å². The third-order valence-corrected chi connectivity index (χ3v) is 3.86. The number of halogens is 2. The van der Waals surface area contributed by atoms with Gasteiger partial charge < -0.3 is 20.1 Å². The number of benzene rings is 2. The fourth-order valence-electron chi connectivity index (χ4n) is 2.63. The first-order valence-electron chi connectivity index (χ1n) is 7.90. The maximum atomic E-state index is 13.0. The molecule has 1 heterocycles. The summed E-state index contributed by atoms with van der Waals surface area (Å²) in [5.41, 5.74) is 3.33. The van der Waals surface area contributed by atoms with Crippen molar-refractivity contribution in [3.63, 3.8) is 0 Å². The number of ether oxygens (including phenoxy) is 2. The van der Waals surface area contributed by atoms with Crippen LogP contribution in [0, 0.1) is 6.92 Å². The monoisotopic (exact) mass is 348 g/mol. The summed E-state index contributed by atoms with van der Waals surface area (Å²) in [6.45, 7) is 3.94. The van der Waals surface area contributed by atoms with Gasteiger partial charge in [-0.05, 0) is 36.6 Å². The minimum atomic E-state index is -3.65. The van der Waals surface area contributed by atoms with Crippen LogP contribution in [0.1, 0.15) is 18.1 Å². The molecule has 2 aromatic rings. The first-order valence-corrected chi connectivity index (χ1v) is 7.90. The highest BCUT2D eigenvalue weighted by molar-refractivity contribution is 5.95. The predicted molar refractivity (Wildman–Crippen MR) is 90.3 cm³/mol. The van der Waals surface area contributed by atoms with Crippen molar-refractivity contribution in [1.29, 1.82) is 0 Å². The topological polar surface area (TPSA) is 59.6 Å². The molecule has 0 radical (unpaired) electrons. The molecule has 0 unspecified atom stereocenters. The van der Waals surface area contributed by atoms with E-state index in [1.807, 2.05) is 32.0 Å². The number of anilines is 2. The molecule has 0 spiro atoms. The van der Waals surface area contributed by atoms with Crippen LogP contribution in [0.15, 0.2) is 36.4 Å². The second-order valence-corrected chi connectivity index (χ2v) is 5.69. The number of amides is 1. The Hall–Kier alpha value is -2.83. The highest BCUT2D eigenvalue weighted by Gasteiger charge is 2.43. The van der Waals surface area contributed by atoms with Crippen molar-refractivity contribution in [2.24, 2.45) is 0 Å². The van der Waals surface area contributed by atoms with Crippen molar-refractivity contribution in [2.45, 2.75) is 26.6 Å². The van der Waals surface area contributed by atoms with Crippen LogP contribution in [-0.4, -0.2) is 18.7 Å². The average molecular weight is 348 g/mol. The standard InChI is InChI=1S/C18H18F2N2O3/c1-3-12-6-4-5-11(2)17(12)22-16(23)10-21-13-7-8-14-15(9-13)25-18(19,20)24-14/h4-9,21H,3,10H2,1-2H3,(H,22,23). The number of alkyl halides is 2. The van der Waals surface area contributed by atoms with Gasteiger partial charge in [0.15, 0.2) is 11.5 Å². The van der Waals surface area contributed by atoms with Gasteiger partial charge in [-0.1, -0.05) is 25.1 Å². The minimum Gasteiger partial charge on any atom is -0.395 e. The average Bonchev–Trinajstić information content (AvgIpc) is 2.87. The zero-order chi connectivity index (χ0) is 18.0. The number of aryl methyl sites for hydroxylation is 2. The SMILES string of the molecule is CCc1cccc(C)c1NC(=O)CNc1ccc2c(c1)OC(F)(F)O2. The number of hydrogen-bond acceptors (Lipinski definition) is 4. The van der Waals surface area contributed by atoms with Crippen LogP contribution in [0.3, 0.4) is 0 Å². The molecule has 0 saturated carbocycles. The summed E-state index contributed by atoms with van der Waals surface area (Å²) in [6.07, 6.45) is -2.85. The smallest absolute Gasteiger partial charge is 0.395 e. The van der Waals surface area contributed by atoms with Gasteiger partial charge in [0.1, 0.15) is 0 Å². The summed E-state index contributed by atoms with van der Waals surface area (Å²) in [4.78, 5) is 12.2. The Balaban J connectivity index is 1.63. The van der Waals surface area contributed by atoms with Crippen molar-refractivity contribution >= 4 is 17.3 Å². The van der Waals surface area contributed by atoms with E-state index in [1.54, 1.807) is 6.07 Å². The second kappa shape index (κ2) is 6.58. The summed E-state index contributed by atoms with van der Waals surface area (Å²) >= 11 is 0. The highest BCUT2D eigenvalue weighted by atomic mass is 19.3. The summed E-state index contributed by atoms with van der Waals surface area (Å²) in [5, 5.41) is 5.77. The summed E-state index contributed by atoms with van der Waals surface area (Å²) < 4.78 is 34.7. The molecule has 0 saturated heterocycles. The molecule has 2 N–H and O–H groups in total. The molecule has 0 aromatic heterocycles. The van der Waals surface area contributed by atoms with Gasteiger partial charge in [-0.15, -0.1) is 8.78 Å². The van der Waals surface area contributed by atoms with Gasteiger partial charge in [0.25, 0.3) is 0 Å². The number of hydrogen-bond donors (Lipinski definition) is 2. The lowest BCUT2D eigenvalue weighted by atomic mass is 10.1. The number of fused-ring (bicyclic) bond motifs is 1. The Morgan fingerprint density at radius 3 is 2.68 bits per heavy atom. The lowest BCUT2D eigenvalue weighted by Gasteiger charge is -2.13. The van der Waals surface area contributed by atoms with Crippen LogP contribution in [-0.2, 0) is 11.2 Å². The maximum absolute atomic E-state index is 13.0. The van der Waals surface area contributed by atoms with Crippen molar-refractivity contribution in [2.75, 3.05) is 17.2 Å². The quantitative estimate of drug-likeness (QED) is 0.860. The van der Waals surface area contributed by atoms with Gasteiger partial charge in [0.2, 0.25) is 5.91 Å². The fraction of sp³-hybridized carbons (Fsp3) is 0.278. The number of carbonyl (C=O) groups is 1. The number of carbonyl (C=O) groups excluding carboxylic acids is 1. The first-order chi connectivity index (χ1) is 11.9. The molecule has 1 aliphatic rings. The van der Waals surface area contributed by atoms with Crippen LogP contribution in [0.2, 0.25) is 0 Å². The van der Waals surface area contributed by atoms with Crippen molar-refractivity contribution in [3.05, 3.63) is 47.5 Å². The molecule has 2 aromatic carbocycles. The molecule has 25 heavy (non-hydrogen) atoms. The lowest BCUT2D eigenvalue weighted by Crippen LogP contribution is -2.25. The van der Waals surface area contributed by atoms with E-state index in [0.29, 0.717) is 5.69 Å². The van der Waals surface area contributed by atoms with Crippen molar-refractivity contribution in [1.82, 2.24) is 0 Å². The Morgan fingerprint density at radius 2 is 1.92 bits per heavy atom. The maximum Gasteiger partial charge on any atom is 0.586 e. The second-order valence-electron chi connectivity index (χ2n) is 5.69. The normalized spacial score (nSPS) is 14.2. The number of para-hydroxylation sites is 1. The zero-order valence-electron chi connectivity index (χ0n) is 13.9. The van der Waals surface area contributed by atoms with Gasteiger partial charge >= 0.3 is 6.29 Å². The minimum absolute atomic E-state index is 0.00642. The van der Waals surface area contributed by atoms with Gasteiger partial charge in [0, 0.05) is 17.4 Å². The molecule has 0 fully saturated rings. The first kappa shape index (κ1) is 17.0. The third-order valence-electron chi connectivity index (χ3n) is 3.86. The number of rotatable bonds is 5. The molecule has 132 valence electrons. The van der Waals surface area contributed by atoms with Crippen LogP contribution in [0.5, 0.6) is 11.5 Å². The van der Waals surface area contributed by atoms with Crippen molar-refractivity contribution in [3.8, 4) is 11.5 Å². The van der Waals surface area contributed by atoms with Gasteiger partial charge in [-0.2, -0.15) is 0 Å². The van der Waals surface area contributed by atoms with E-state index in [9.17, 15) is 13.6 Å². The van der Waals surface area contributed by atoms with E-state index in [1.165, 1.54) is 12.1 Å². The Labute approximate surface area is 143 Å². The van der Waals surface area contributed by atoms with E-state index >= 15 is 0 Å². The van der Waals surface area contributed by atoms with E-state index in [2.05, 4.69) is 20.1 Å². The van der Waals surface area contributed by atoms with Gasteiger partial charge in [0.05, 0.1) is 6.54 Å². The molecule has 0 bridgehead atoms. The molecule has 1 aliphatic heterocycles. The molecule has 7 heteroatoms. The summed E-state index contributed by atoms with van der Waals surface area (Å²) in [6, 6.07) is 10.1. The highest BCUT2D eigenvalue weighted by Crippen LogP contribution is 2.42. The Kier molecular flexibility index (Phi) is 4.48. The van der Waals surface area contributed by atoms with Crippen molar-refractivity contribution < 1.29 is 23.0 Å². The summed E-state index contributed by atoms with van der Waals surface area (Å²) in [5.74, 6) is -0.331. The van der Waals surface area contributed by atoms with Gasteiger partial charge in [-0.3, -0.25) is 4.79 Å². The fourth-order valence-corrected chi connectivity index (χ4v) is 2.63. The van der Waals surface area contributed by atoms with E-state index in [-0.39, 0.29) is 24.0 Å². The Morgan fingerprint density at radius 1 is 1.16 bits per heavy atom. The largest absolute Gasteiger partial charge is 0.586 e. The molecular formula is C18H18F2N2O3. The molecule has 5 nitrogen and oxygen atoms in total. The van der Waals surface area contributed by atoms with Crippen LogP contribution >= 0.6 is 0 Å². The van der Waals surface area contributed by atoms with E-state index in [4.69, 9.17) is 0 Å². The zero-order valence-corrected chi connectivity index (χ0v) is 13.9. The Bertz CT molecular complexity index is 809. The summed E-state index contributed by atoms with van der Waals surface area (Å²) in [7, 11) is 0. The predicted octanol–water partition coefficient (Wildman–Crippen LogP) is 3.93. The van der Waals surface area contributed by atoms with E-state index in [0.717, 1.165) is 23.2 Å². The van der Waals surface area contributed by atoms with Crippen LogP contribution in [0.4, 0.5) is 20.2 Å². The number of nitrogens with one attached hydrogen (secondary N) is 2. The molecule has 0 aliphatic carbocycles. The lowest BCUT2D eigenvalue weighted by molar-refractivity contribution is -0.286.